The highest BCUT2D eigenvalue weighted by Crippen LogP contribution is 2.20. The minimum atomic E-state index is -3.82. The SMILES string of the molecule is O=S(=O)(CCOc1ccc(F)cc1)Nc1cc(-n2cccc2)ccc1F. The number of ether oxygens (including phenoxy) is 1. The van der Waals surface area contributed by atoms with Crippen molar-refractivity contribution in [3.05, 3.63) is 78.6 Å². The molecule has 2 aromatic carbocycles. The average molecular weight is 378 g/mol. The van der Waals surface area contributed by atoms with Crippen molar-refractivity contribution in [3.63, 3.8) is 0 Å². The number of benzene rings is 2. The lowest BCUT2D eigenvalue weighted by Crippen LogP contribution is -2.22. The van der Waals surface area contributed by atoms with Crippen LogP contribution in [0.4, 0.5) is 14.5 Å². The van der Waals surface area contributed by atoms with E-state index in [9.17, 15) is 17.2 Å². The molecule has 0 amide bonds. The summed E-state index contributed by atoms with van der Waals surface area (Å²) in [6, 6.07) is 13.0. The zero-order valence-electron chi connectivity index (χ0n) is 13.6. The van der Waals surface area contributed by atoms with Gasteiger partial charge in [0.15, 0.2) is 0 Å². The number of sulfonamides is 1. The molecule has 0 saturated heterocycles. The van der Waals surface area contributed by atoms with Crippen LogP contribution in [0.2, 0.25) is 0 Å². The van der Waals surface area contributed by atoms with Crippen molar-refractivity contribution in [2.45, 2.75) is 0 Å². The van der Waals surface area contributed by atoms with Gasteiger partial charge in [-0.2, -0.15) is 0 Å². The first-order valence-electron chi connectivity index (χ1n) is 7.75. The summed E-state index contributed by atoms with van der Waals surface area (Å²) in [5.74, 6) is -1.12. The first kappa shape index (κ1) is 17.9. The van der Waals surface area contributed by atoms with E-state index in [-0.39, 0.29) is 18.0 Å². The lowest BCUT2D eigenvalue weighted by atomic mass is 10.2. The van der Waals surface area contributed by atoms with Crippen LogP contribution in [0.5, 0.6) is 5.75 Å². The van der Waals surface area contributed by atoms with Crippen molar-refractivity contribution in [1.29, 1.82) is 0 Å². The van der Waals surface area contributed by atoms with Gasteiger partial charge in [-0.05, 0) is 54.6 Å². The summed E-state index contributed by atoms with van der Waals surface area (Å²) in [6.45, 7) is -0.153. The van der Waals surface area contributed by atoms with Crippen molar-refractivity contribution in [3.8, 4) is 11.4 Å². The van der Waals surface area contributed by atoms with Gasteiger partial charge in [0, 0.05) is 18.1 Å². The van der Waals surface area contributed by atoms with E-state index >= 15 is 0 Å². The molecule has 0 bridgehead atoms. The number of aromatic nitrogens is 1. The first-order chi connectivity index (χ1) is 12.4. The van der Waals surface area contributed by atoms with Crippen molar-refractivity contribution in [2.24, 2.45) is 0 Å². The van der Waals surface area contributed by atoms with E-state index in [1.807, 2.05) is 0 Å². The molecule has 0 unspecified atom stereocenters. The van der Waals surface area contributed by atoms with Crippen LogP contribution in [-0.2, 0) is 10.0 Å². The highest BCUT2D eigenvalue weighted by molar-refractivity contribution is 7.92. The summed E-state index contributed by atoms with van der Waals surface area (Å²) in [5, 5.41) is 0. The van der Waals surface area contributed by atoms with E-state index < -0.39 is 21.7 Å². The lowest BCUT2D eigenvalue weighted by Gasteiger charge is -2.12. The number of nitrogens with zero attached hydrogens (tertiary/aromatic N) is 1. The quantitative estimate of drug-likeness (QED) is 0.684. The van der Waals surface area contributed by atoms with Crippen LogP contribution in [-0.4, -0.2) is 25.3 Å². The van der Waals surface area contributed by atoms with Crippen molar-refractivity contribution >= 4 is 15.7 Å². The van der Waals surface area contributed by atoms with Crippen molar-refractivity contribution in [2.75, 3.05) is 17.1 Å². The predicted molar refractivity (Wildman–Crippen MR) is 95.0 cm³/mol. The molecule has 1 aromatic heterocycles. The molecule has 0 fully saturated rings. The fraction of sp³-hybridized carbons (Fsp3) is 0.111. The predicted octanol–water partition coefficient (Wildman–Crippen LogP) is 3.58. The second-order valence-electron chi connectivity index (χ2n) is 5.48. The first-order valence-corrected chi connectivity index (χ1v) is 9.40. The zero-order valence-corrected chi connectivity index (χ0v) is 14.4. The lowest BCUT2D eigenvalue weighted by molar-refractivity contribution is 0.340. The Morgan fingerprint density at radius 1 is 1.00 bits per heavy atom. The Morgan fingerprint density at radius 3 is 2.38 bits per heavy atom. The fourth-order valence-corrected chi connectivity index (χ4v) is 3.17. The van der Waals surface area contributed by atoms with Gasteiger partial charge in [-0.3, -0.25) is 4.72 Å². The molecule has 136 valence electrons. The molecule has 0 aliphatic rings. The third-order valence-electron chi connectivity index (χ3n) is 3.55. The molecular formula is C18H16F2N2O3S. The summed E-state index contributed by atoms with van der Waals surface area (Å²) in [6.07, 6.45) is 3.53. The highest BCUT2D eigenvalue weighted by atomic mass is 32.2. The van der Waals surface area contributed by atoms with E-state index in [1.54, 1.807) is 35.2 Å². The summed E-state index contributed by atoms with van der Waals surface area (Å²) in [4.78, 5) is 0. The molecule has 0 aliphatic carbocycles. The maximum absolute atomic E-state index is 14.0. The largest absolute Gasteiger partial charge is 0.492 e. The van der Waals surface area contributed by atoms with E-state index in [1.165, 1.54) is 36.4 Å². The summed E-state index contributed by atoms with van der Waals surface area (Å²) >= 11 is 0. The number of rotatable bonds is 7. The van der Waals surface area contributed by atoms with Gasteiger partial charge in [0.25, 0.3) is 0 Å². The molecule has 8 heteroatoms. The minimum Gasteiger partial charge on any atom is -0.492 e. The average Bonchev–Trinajstić information content (AvgIpc) is 3.13. The number of nitrogens with one attached hydrogen (secondary N) is 1. The fourth-order valence-electron chi connectivity index (χ4n) is 2.28. The molecule has 0 atom stereocenters. The number of halogens is 2. The monoisotopic (exact) mass is 378 g/mol. The molecule has 3 rings (SSSR count). The Bertz CT molecular complexity index is 972. The van der Waals surface area contributed by atoms with Crippen LogP contribution in [0.3, 0.4) is 0 Å². The van der Waals surface area contributed by atoms with Gasteiger partial charge in [0.2, 0.25) is 10.0 Å². The maximum atomic E-state index is 14.0. The maximum Gasteiger partial charge on any atom is 0.236 e. The molecule has 5 nitrogen and oxygen atoms in total. The topological polar surface area (TPSA) is 60.3 Å². The Kier molecular flexibility index (Phi) is 5.22. The van der Waals surface area contributed by atoms with Gasteiger partial charge >= 0.3 is 0 Å². The third kappa shape index (κ3) is 4.60. The van der Waals surface area contributed by atoms with Gasteiger partial charge < -0.3 is 9.30 Å². The van der Waals surface area contributed by atoms with Crippen LogP contribution >= 0.6 is 0 Å². The molecule has 0 spiro atoms. The normalized spacial score (nSPS) is 11.3. The molecule has 3 aromatic rings. The van der Waals surface area contributed by atoms with Crippen LogP contribution in [0.1, 0.15) is 0 Å². The van der Waals surface area contributed by atoms with Gasteiger partial charge in [0.1, 0.15) is 29.7 Å². The Hall–Kier alpha value is -2.87. The second-order valence-corrected chi connectivity index (χ2v) is 7.32. The van der Waals surface area contributed by atoms with Crippen LogP contribution < -0.4 is 9.46 Å². The zero-order chi connectivity index (χ0) is 18.6. The molecular weight excluding hydrogens is 362 g/mol. The Balaban J connectivity index is 1.65. The summed E-state index contributed by atoms with van der Waals surface area (Å²) in [5.41, 5.74) is 0.481. The molecule has 0 saturated carbocycles. The Labute approximate surface area is 149 Å². The van der Waals surface area contributed by atoms with Gasteiger partial charge in [-0.1, -0.05) is 0 Å². The van der Waals surface area contributed by atoms with Crippen molar-refractivity contribution in [1.82, 2.24) is 4.57 Å². The van der Waals surface area contributed by atoms with Gasteiger partial charge in [-0.25, -0.2) is 17.2 Å². The number of hydrogen-bond acceptors (Lipinski definition) is 3. The number of hydrogen-bond donors (Lipinski definition) is 1. The molecule has 1 N–H and O–H groups in total. The highest BCUT2D eigenvalue weighted by Gasteiger charge is 2.14. The van der Waals surface area contributed by atoms with Gasteiger partial charge in [0.05, 0.1) is 5.69 Å². The van der Waals surface area contributed by atoms with Gasteiger partial charge in [-0.15, -0.1) is 0 Å². The molecule has 26 heavy (non-hydrogen) atoms. The standard InChI is InChI=1S/C18H16F2N2O3S/c19-14-3-6-16(7-4-14)25-11-12-26(23,24)21-18-13-15(5-8-17(18)20)22-9-1-2-10-22/h1-10,13,21H,11-12H2. The molecule has 0 aliphatic heterocycles. The third-order valence-corrected chi connectivity index (χ3v) is 4.79. The van der Waals surface area contributed by atoms with E-state index in [0.29, 0.717) is 11.4 Å². The second kappa shape index (κ2) is 7.57. The smallest absolute Gasteiger partial charge is 0.236 e. The molecule has 0 radical (unpaired) electrons. The van der Waals surface area contributed by atoms with E-state index in [4.69, 9.17) is 4.74 Å². The summed E-state index contributed by atoms with van der Waals surface area (Å²) < 4.78 is 60.3. The summed E-state index contributed by atoms with van der Waals surface area (Å²) in [7, 11) is -3.82. The van der Waals surface area contributed by atoms with E-state index in [2.05, 4.69) is 4.72 Å². The Morgan fingerprint density at radius 2 is 1.69 bits per heavy atom. The number of anilines is 1. The van der Waals surface area contributed by atoms with Crippen molar-refractivity contribution < 1.29 is 21.9 Å². The van der Waals surface area contributed by atoms with E-state index in [0.717, 1.165) is 0 Å². The molecule has 1 heterocycles. The minimum absolute atomic E-state index is 0.141. The van der Waals surface area contributed by atoms with Crippen LogP contribution in [0, 0.1) is 11.6 Å². The van der Waals surface area contributed by atoms with Crippen LogP contribution in [0.25, 0.3) is 5.69 Å². The van der Waals surface area contributed by atoms with Crippen LogP contribution in [0.15, 0.2) is 67.0 Å².